The van der Waals surface area contributed by atoms with Crippen LogP contribution in [0.5, 0.6) is 5.75 Å². The van der Waals surface area contributed by atoms with Gasteiger partial charge in [-0.15, -0.1) is 0 Å². The number of piperazine rings is 1. The van der Waals surface area contributed by atoms with Crippen LogP contribution in [0, 0.1) is 0 Å². The van der Waals surface area contributed by atoms with Gasteiger partial charge in [0, 0.05) is 38.2 Å². The summed E-state index contributed by atoms with van der Waals surface area (Å²) in [6.07, 6.45) is 1.41. The molecule has 1 fully saturated rings. The van der Waals surface area contributed by atoms with Crippen molar-refractivity contribution in [3.05, 3.63) is 29.8 Å². The fourth-order valence-corrected chi connectivity index (χ4v) is 2.67. The van der Waals surface area contributed by atoms with Crippen molar-refractivity contribution >= 4 is 11.8 Å². The number of carbonyl (C=O) groups excluding carboxylic acids is 2. The molecule has 1 N–H and O–H groups in total. The van der Waals surface area contributed by atoms with E-state index in [-0.39, 0.29) is 11.8 Å². The van der Waals surface area contributed by atoms with Gasteiger partial charge in [-0.25, -0.2) is 0 Å². The molecule has 0 saturated carbocycles. The van der Waals surface area contributed by atoms with Crippen LogP contribution < -0.4 is 10.1 Å². The number of amides is 2. The van der Waals surface area contributed by atoms with E-state index in [1.165, 1.54) is 0 Å². The molecule has 6 heteroatoms. The second-order valence-electron chi connectivity index (χ2n) is 5.61. The summed E-state index contributed by atoms with van der Waals surface area (Å²) in [5.41, 5.74) is 0.623. The van der Waals surface area contributed by atoms with Gasteiger partial charge in [-0.3, -0.25) is 9.59 Å². The molecule has 1 heterocycles. The predicted octanol–water partition coefficient (Wildman–Crippen LogP) is 0.979. The smallest absolute Gasteiger partial charge is 0.254 e. The van der Waals surface area contributed by atoms with E-state index in [9.17, 15) is 9.59 Å². The van der Waals surface area contributed by atoms with Crippen LogP contribution in [0.4, 0.5) is 0 Å². The van der Waals surface area contributed by atoms with Crippen LogP contribution in [-0.2, 0) is 4.79 Å². The molecule has 0 radical (unpaired) electrons. The Labute approximate surface area is 137 Å². The molecule has 2 amide bonds. The van der Waals surface area contributed by atoms with Crippen molar-refractivity contribution in [2.45, 2.75) is 12.8 Å². The number of carbonyl (C=O) groups is 2. The molecule has 6 nitrogen and oxygen atoms in total. The Morgan fingerprint density at radius 2 is 1.87 bits per heavy atom. The van der Waals surface area contributed by atoms with E-state index in [1.807, 2.05) is 24.1 Å². The number of rotatable bonds is 6. The highest BCUT2D eigenvalue weighted by Crippen LogP contribution is 2.15. The maximum absolute atomic E-state index is 12.5. The van der Waals surface area contributed by atoms with E-state index in [0.29, 0.717) is 43.9 Å². The van der Waals surface area contributed by atoms with Gasteiger partial charge in [0.15, 0.2) is 0 Å². The van der Waals surface area contributed by atoms with Gasteiger partial charge < -0.3 is 19.9 Å². The lowest BCUT2D eigenvalue weighted by Crippen LogP contribution is -2.50. The van der Waals surface area contributed by atoms with Gasteiger partial charge in [-0.2, -0.15) is 0 Å². The van der Waals surface area contributed by atoms with E-state index in [0.717, 1.165) is 13.0 Å². The quantitative estimate of drug-likeness (QED) is 0.794. The second-order valence-corrected chi connectivity index (χ2v) is 5.61. The number of nitrogens with zero attached hydrogens (tertiary/aromatic N) is 2. The third kappa shape index (κ3) is 4.69. The van der Waals surface area contributed by atoms with Crippen molar-refractivity contribution in [1.82, 2.24) is 15.1 Å². The van der Waals surface area contributed by atoms with Crippen molar-refractivity contribution in [2.75, 3.05) is 46.9 Å². The van der Waals surface area contributed by atoms with Crippen molar-refractivity contribution in [3.8, 4) is 5.75 Å². The molecule has 2 rings (SSSR count). The number of ether oxygens (including phenoxy) is 1. The molecule has 0 aromatic heterocycles. The molecule has 126 valence electrons. The second kappa shape index (κ2) is 8.53. The van der Waals surface area contributed by atoms with Crippen molar-refractivity contribution < 1.29 is 14.3 Å². The fourth-order valence-electron chi connectivity index (χ4n) is 2.67. The van der Waals surface area contributed by atoms with E-state index in [4.69, 9.17) is 4.74 Å². The molecule has 1 aromatic rings. The van der Waals surface area contributed by atoms with Crippen LogP contribution in [-0.4, -0.2) is 68.5 Å². The molecular weight excluding hydrogens is 294 g/mol. The lowest BCUT2D eigenvalue weighted by molar-refractivity contribution is -0.132. The summed E-state index contributed by atoms with van der Waals surface area (Å²) in [6, 6.07) is 7.17. The van der Waals surface area contributed by atoms with Crippen LogP contribution in [0.2, 0.25) is 0 Å². The zero-order chi connectivity index (χ0) is 16.7. The summed E-state index contributed by atoms with van der Waals surface area (Å²) in [5, 5.41) is 3.04. The summed E-state index contributed by atoms with van der Waals surface area (Å²) in [4.78, 5) is 28.2. The third-order valence-electron chi connectivity index (χ3n) is 4.05. The molecule has 1 aliphatic heterocycles. The largest absolute Gasteiger partial charge is 0.497 e. The predicted molar refractivity (Wildman–Crippen MR) is 88.6 cm³/mol. The van der Waals surface area contributed by atoms with Gasteiger partial charge in [0.25, 0.3) is 5.91 Å². The fraction of sp³-hybridized carbons (Fsp3) is 0.529. The van der Waals surface area contributed by atoms with Crippen LogP contribution in [0.3, 0.4) is 0 Å². The molecule has 0 bridgehead atoms. The first-order chi connectivity index (χ1) is 11.2. The van der Waals surface area contributed by atoms with Crippen LogP contribution in [0.15, 0.2) is 24.3 Å². The lowest BCUT2D eigenvalue weighted by atomic mass is 10.1. The highest BCUT2D eigenvalue weighted by molar-refractivity contribution is 5.94. The van der Waals surface area contributed by atoms with E-state index < -0.39 is 0 Å². The minimum absolute atomic E-state index is 0.00816. The van der Waals surface area contributed by atoms with E-state index in [1.54, 1.807) is 24.1 Å². The summed E-state index contributed by atoms with van der Waals surface area (Å²) in [7, 11) is 3.47. The average Bonchev–Trinajstić information content (AvgIpc) is 2.61. The molecule has 0 aliphatic carbocycles. The Balaban J connectivity index is 1.86. The topological polar surface area (TPSA) is 61.9 Å². The lowest BCUT2D eigenvalue weighted by Gasteiger charge is -2.35. The normalized spacial score (nSPS) is 14.7. The Kier molecular flexibility index (Phi) is 6.40. The maximum Gasteiger partial charge on any atom is 0.254 e. The molecule has 1 aliphatic rings. The first kappa shape index (κ1) is 17.3. The molecule has 23 heavy (non-hydrogen) atoms. The zero-order valence-corrected chi connectivity index (χ0v) is 13.9. The number of hydrogen-bond donors (Lipinski definition) is 1. The van der Waals surface area contributed by atoms with Crippen molar-refractivity contribution in [1.29, 1.82) is 0 Å². The summed E-state index contributed by atoms with van der Waals surface area (Å²) < 4.78 is 5.16. The Morgan fingerprint density at radius 3 is 2.52 bits per heavy atom. The average molecular weight is 319 g/mol. The highest BCUT2D eigenvalue weighted by Gasteiger charge is 2.24. The minimum Gasteiger partial charge on any atom is -0.497 e. The number of methoxy groups -OCH3 is 1. The van der Waals surface area contributed by atoms with Gasteiger partial charge in [0.1, 0.15) is 5.75 Å². The highest BCUT2D eigenvalue weighted by atomic mass is 16.5. The molecule has 1 aromatic carbocycles. The molecular formula is C17H25N3O3. The Bertz CT molecular complexity index is 540. The number of benzene rings is 1. The monoisotopic (exact) mass is 319 g/mol. The van der Waals surface area contributed by atoms with Crippen LogP contribution >= 0.6 is 0 Å². The van der Waals surface area contributed by atoms with Gasteiger partial charge in [0.05, 0.1) is 7.11 Å². The molecule has 0 spiro atoms. The Morgan fingerprint density at radius 1 is 1.17 bits per heavy atom. The van der Waals surface area contributed by atoms with Gasteiger partial charge in [-0.1, -0.05) is 6.07 Å². The maximum atomic E-state index is 12.5. The number of hydrogen-bond acceptors (Lipinski definition) is 4. The number of nitrogens with one attached hydrogen (secondary N) is 1. The third-order valence-corrected chi connectivity index (χ3v) is 4.05. The van der Waals surface area contributed by atoms with Crippen LogP contribution in [0.25, 0.3) is 0 Å². The van der Waals surface area contributed by atoms with Gasteiger partial charge in [-0.05, 0) is 38.2 Å². The molecule has 0 atom stereocenters. The summed E-state index contributed by atoms with van der Waals surface area (Å²) in [6.45, 7) is 3.21. The van der Waals surface area contributed by atoms with Gasteiger partial charge >= 0.3 is 0 Å². The standard InChI is InChI=1S/C17H25N3O3/c1-18-8-4-7-16(21)19-9-11-20(12-10-19)17(22)14-5-3-6-15(13-14)23-2/h3,5-6,13,18H,4,7-12H2,1-2H3. The van der Waals surface area contributed by atoms with Gasteiger partial charge in [0.2, 0.25) is 5.91 Å². The van der Waals surface area contributed by atoms with Crippen molar-refractivity contribution in [2.24, 2.45) is 0 Å². The molecule has 0 unspecified atom stereocenters. The van der Waals surface area contributed by atoms with E-state index >= 15 is 0 Å². The SMILES string of the molecule is CNCCCC(=O)N1CCN(C(=O)c2cccc(OC)c2)CC1. The summed E-state index contributed by atoms with van der Waals surface area (Å²) in [5.74, 6) is 0.842. The first-order valence-corrected chi connectivity index (χ1v) is 8.01. The van der Waals surface area contributed by atoms with E-state index in [2.05, 4.69) is 5.32 Å². The Hall–Kier alpha value is -2.08. The van der Waals surface area contributed by atoms with Crippen LogP contribution in [0.1, 0.15) is 23.2 Å². The zero-order valence-electron chi connectivity index (χ0n) is 13.9. The summed E-state index contributed by atoms with van der Waals surface area (Å²) >= 11 is 0. The minimum atomic E-state index is -0.00816. The van der Waals surface area contributed by atoms with Crippen molar-refractivity contribution in [3.63, 3.8) is 0 Å². The first-order valence-electron chi connectivity index (χ1n) is 8.01. The molecule has 1 saturated heterocycles.